The summed E-state index contributed by atoms with van der Waals surface area (Å²) in [6.07, 6.45) is 2.24. The van der Waals surface area contributed by atoms with Crippen molar-refractivity contribution in [1.82, 2.24) is 5.32 Å². The maximum Gasteiger partial charge on any atom is 0.336 e. The smallest absolute Gasteiger partial charge is 0.336 e. The van der Waals surface area contributed by atoms with Gasteiger partial charge in [-0.05, 0) is 49.8 Å². The molecular weight excluding hydrogens is 462 g/mol. The summed E-state index contributed by atoms with van der Waals surface area (Å²) in [5.41, 5.74) is 2.85. The molecule has 8 nitrogen and oxygen atoms in total. The lowest BCUT2D eigenvalue weighted by Gasteiger charge is -2.38. The van der Waals surface area contributed by atoms with Crippen LogP contribution in [0, 0.1) is 11.8 Å². The molecule has 0 aromatic heterocycles. The normalized spacial score (nSPS) is 21.6. The summed E-state index contributed by atoms with van der Waals surface area (Å²) < 4.78 is 21.6. The molecule has 0 fully saturated rings. The van der Waals surface area contributed by atoms with E-state index in [0.717, 1.165) is 24.1 Å². The van der Waals surface area contributed by atoms with E-state index in [1.807, 2.05) is 45.0 Å². The van der Waals surface area contributed by atoms with Gasteiger partial charge in [-0.2, -0.15) is 0 Å². The zero-order valence-electron chi connectivity index (χ0n) is 21.8. The number of ether oxygens (including phenoxy) is 4. The predicted molar refractivity (Wildman–Crippen MR) is 134 cm³/mol. The monoisotopic (exact) mass is 499 g/mol. The molecule has 0 spiro atoms. The highest BCUT2D eigenvalue weighted by molar-refractivity contribution is 6.12. The Hall–Kier alpha value is -3.13. The van der Waals surface area contributed by atoms with Crippen LogP contribution in [-0.4, -0.2) is 51.3 Å². The number of dihydropyridines is 1. The zero-order chi connectivity index (χ0) is 26.2. The van der Waals surface area contributed by atoms with E-state index in [-0.39, 0.29) is 18.3 Å². The van der Waals surface area contributed by atoms with E-state index in [1.165, 1.54) is 7.11 Å². The summed E-state index contributed by atoms with van der Waals surface area (Å²) in [4.78, 5) is 39.6. The highest BCUT2D eigenvalue weighted by Gasteiger charge is 2.47. The molecular formula is C28H37NO7. The first-order valence-corrected chi connectivity index (χ1v) is 12.6. The summed E-state index contributed by atoms with van der Waals surface area (Å²) in [5, 5.41) is 3.27. The molecule has 3 atom stereocenters. The minimum absolute atomic E-state index is 0.105. The van der Waals surface area contributed by atoms with Crippen molar-refractivity contribution in [2.75, 3.05) is 33.5 Å². The van der Waals surface area contributed by atoms with Gasteiger partial charge in [0.05, 0.1) is 25.9 Å². The zero-order valence-corrected chi connectivity index (χ0v) is 21.8. The van der Waals surface area contributed by atoms with E-state index in [1.54, 1.807) is 6.92 Å². The number of esters is 2. The SMILES string of the molecule is CCCOCCOC(=O)C1=C(C)NC2=C(C(=O)[C@H](C(=O)OC)[C@@H](C)C2)[C@@H]1c1ccc(OCCC)cc1. The first-order valence-electron chi connectivity index (χ1n) is 12.6. The maximum atomic E-state index is 13.8. The number of benzene rings is 1. The number of hydrogen-bond acceptors (Lipinski definition) is 8. The molecule has 36 heavy (non-hydrogen) atoms. The second-order valence-corrected chi connectivity index (χ2v) is 9.20. The van der Waals surface area contributed by atoms with Gasteiger partial charge in [0.15, 0.2) is 5.78 Å². The fourth-order valence-corrected chi connectivity index (χ4v) is 4.78. The van der Waals surface area contributed by atoms with Crippen LogP contribution in [0.1, 0.15) is 58.4 Å². The van der Waals surface area contributed by atoms with Crippen LogP contribution in [-0.2, 0) is 28.6 Å². The number of rotatable bonds is 11. The highest BCUT2D eigenvalue weighted by Crippen LogP contribution is 2.45. The van der Waals surface area contributed by atoms with Gasteiger partial charge in [0, 0.05) is 29.5 Å². The number of carbonyl (C=O) groups excluding carboxylic acids is 3. The van der Waals surface area contributed by atoms with Gasteiger partial charge in [0.1, 0.15) is 18.3 Å². The van der Waals surface area contributed by atoms with Gasteiger partial charge in [0.2, 0.25) is 0 Å². The van der Waals surface area contributed by atoms with Gasteiger partial charge in [-0.1, -0.05) is 32.9 Å². The summed E-state index contributed by atoms with van der Waals surface area (Å²) >= 11 is 0. The minimum atomic E-state index is -0.927. The van der Waals surface area contributed by atoms with Crippen LogP contribution in [0.5, 0.6) is 5.75 Å². The molecule has 0 unspecified atom stereocenters. The summed E-state index contributed by atoms with van der Waals surface area (Å²) in [6.45, 7) is 9.29. The van der Waals surface area contributed by atoms with Crippen LogP contribution in [0.3, 0.4) is 0 Å². The van der Waals surface area contributed by atoms with Gasteiger partial charge in [-0.15, -0.1) is 0 Å². The van der Waals surface area contributed by atoms with Crippen molar-refractivity contribution < 1.29 is 33.3 Å². The molecule has 0 bridgehead atoms. The van der Waals surface area contributed by atoms with Crippen molar-refractivity contribution in [3.05, 3.63) is 52.4 Å². The number of Topliss-reactive ketones (excluding diaryl/α,β-unsaturated/α-hetero) is 1. The molecule has 1 heterocycles. The molecule has 1 aromatic rings. The van der Waals surface area contributed by atoms with Gasteiger partial charge in [-0.3, -0.25) is 9.59 Å². The fraction of sp³-hybridized carbons (Fsp3) is 0.536. The number of nitrogens with one attached hydrogen (secondary N) is 1. The van der Waals surface area contributed by atoms with Crippen LogP contribution in [0.25, 0.3) is 0 Å². The number of methoxy groups -OCH3 is 1. The van der Waals surface area contributed by atoms with Gasteiger partial charge < -0.3 is 24.3 Å². The van der Waals surface area contributed by atoms with Crippen molar-refractivity contribution in [2.24, 2.45) is 11.8 Å². The Kier molecular flexibility index (Phi) is 9.70. The standard InChI is InChI=1S/C28H37NO7/c1-6-12-34-14-15-36-28(32)23-18(4)29-21-16-17(3)22(27(31)33-5)26(30)25(21)24(23)19-8-10-20(11-9-19)35-13-7-2/h8-11,17,22,24,29H,6-7,12-16H2,1-5H3/t17-,22+,24+/m0/s1. The van der Waals surface area contributed by atoms with Gasteiger partial charge in [0.25, 0.3) is 0 Å². The summed E-state index contributed by atoms with van der Waals surface area (Å²) in [7, 11) is 1.28. The molecule has 1 aliphatic heterocycles. The third-order valence-electron chi connectivity index (χ3n) is 6.46. The molecule has 0 radical (unpaired) electrons. The van der Waals surface area contributed by atoms with Crippen molar-refractivity contribution in [3.8, 4) is 5.75 Å². The van der Waals surface area contributed by atoms with Crippen LogP contribution < -0.4 is 10.1 Å². The van der Waals surface area contributed by atoms with Crippen molar-refractivity contribution in [3.63, 3.8) is 0 Å². The van der Waals surface area contributed by atoms with E-state index >= 15 is 0 Å². The fourth-order valence-electron chi connectivity index (χ4n) is 4.78. The number of ketones is 1. The number of allylic oxidation sites excluding steroid dienone is 3. The number of hydrogen-bond donors (Lipinski definition) is 1. The highest BCUT2D eigenvalue weighted by atomic mass is 16.6. The Morgan fingerprint density at radius 1 is 1.03 bits per heavy atom. The topological polar surface area (TPSA) is 100 Å². The second kappa shape index (κ2) is 12.7. The van der Waals surface area contributed by atoms with E-state index in [0.29, 0.717) is 48.8 Å². The quantitative estimate of drug-likeness (QED) is 0.276. The van der Waals surface area contributed by atoms with Gasteiger partial charge in [-0.25, -0.2) is 4.79 Å². The van der Waals surface area contributed by atoms with Crippen LogP contribution in [0.15, 0.2) is 46.8 Å². The van der Waals surface area contributed by atoms with Crippen molar-refractivity contribution in [1.29, 1.82) is 0 Å². The molecule has 1 N–H and O–H groups in total. The molecule has 0 saturated heterocycles. The molecule has 0 amide bonds. The van der Waals surface area contributed by atoms with Crippen molar-refractivity contribution >= 4 is 17.7 Å². The van der Waals surface area contributed by atoms with E-state index in [9.17, 15) is 14.4 Å². The Bertz CT molecular complexity index is 1020. The summed E-state index contributed by atoms with van der Waals surface area (Å²) in [5.74, 6) is -2.56. The van der Waals surface area contributed by atoms with Crippen LogP contribution >= 0.6 is 0 Å². The minimum Gasteiger partial charge on any atom is -0.494 e. The summed E-state index contributed by atoms with van der Waals surface area (Å²) in [6, 6.07) is 7.37. The lowest BCUT2D eigenvalue weighted by Crippen LogP contribution is -2.43. The van der Waals surface area contributed by atoms with E-state index in [4.69, 9.17) is 18.9 Å². The molecule has 1 aromatic carbocycles. The maximum absolute atomic E-state index is 13.8. The lowest BCUT2D eigenvalue weighted by atomic mass is 9.69. The Balaban J connectivity index is 2.00. The average molecular weight is 500 g/mol. The third kappa shape index (κ3) is 5.98. The van der Waals surface area contributed by atoms with Crippen LogP contribution in [0.4, 0.5) is 0 Å². The van der Waals surface area contributed by atoms with Crippen LogP contribution in [0.2, 0.25) is 0 Å². The molecule has 8 heteroatoms. The molecule has 196 valence electrons. The average Bonchev–Trinajstić information content (AvgIpc) is 2.86. The first kappa shape index (κ1) is 27.5. The number of carbonyl (C=O) groups is 3. The lowest BCUT2D eigenvalue weighted by molar-refractivity contribution is -0.151. The van der Waals surface area contributed by atoms with E-state index in [2.05, 4.69) is 5.32 Å². The molecule has 1 aliphatic carbocycles. The van der Waals surface area contributed by atoms with Gasteiger partial charge >= 0.3 is 11.9 Å². The largest absolute Gasteiger partial charge is 0.494 e. The first-order chi connectivity index (χ1) is 17.3. The second-order valence-electron chi connectivity index (χ2n) is 9.20. The Morgan fingerprint density at radius 3 is 2.36 bits per heavy atom. The van der Waals surface area contributed by atoms with E-state index < -0.39 is 23.8 Å². The Labute approximate surface area is 213 Å². The molecule has 3 rings (SSSR count). The molecule has 0 saturated carbocycles. The van der Waals surface area contributed by atoms with Crippen molar-refractivity contribution in [2.45, 2.75) is 52.9 Å². The Morgan fingerprint density at radius 2 is 1.72 bits per heavy atom. The predicted octanol–water partition coefficient (Wildman–Crippen LogP) is 4.06. The third-order valence-corrected chi connectivity index (χ3v) is 6.46. The molecule has 2 aliphatic rings.